The van der Waals surface area contributed by atoms with E-state index in [0.717, 1.165) is 4.90 Å². The molecule has 2 N–H and O–H groups in total. The molecule has 3 amide bonds. The maximum Gasteiger partial charge on any atom is 0.318 e. The molecule has 0 radical (unpaired) electrons. The number of methoxy groups -OCH3 is 1. The van der Waals surface area contributed by atoms with E-state index in [1.54, 1.807) is 25.2 Å². The molecule has 2 aromatic heterocycles. The van der Waals surface area contributed by atoms with Gasteiger partial charge in [-0.1, -0.05) is 6.07 Å². The molecule has 1 aliphatic carbocycles. The zero-order valence-corrected chi connectivity index (χ0v) is 22.0. The second-order valence-corrected chi connectivity index (χ2v) is 10.4. The molecule has 1 saturated carbocycles. The van der Waals surface area contributed by atoms with E-state index in [4.69, 9.17) is 9.15 Å². The summed E-state index contributed by atoms with van der Waals surface area (Å²) in [5.74, 6) is -6.55. The van der Waals surface area contributed by atoms with Gasteiger partial charge in [0.25, 0.3) is 11.8 Å². The van der Waals surface area contributed by atoms with Crippen molar-refractivity contribution < 1.29 is 36.3 Å². The van der Waals surface area contributed by atoms with Crippen molar-refractivity contribution in [1.29, 1.82) is 0 Å². The Bertz CT molecular complexity index is 1380. The van der Waals surface area contributed by atoms with E-state index in [1.807, 2.05) is 0 Å². The number of amides is 3. The van der Waals surface area contributed by atoms with Crippen molar-refractivity contribution in [2.45, 2.75) is 49.6 Å². The van der Waals surface area contributed by atoms with Crippen LogP contribution in [0.2, 0.25) is 0 Å². The normalized spacial score (nSPS) is 20.8. The molecule has 14 heteroatoms. The fraction of sp³-hybridized carbons (Fsp3) is 0.538. The van der Waals surface area contributed by atoms with E-state index in [-0.39, 0.29) is 49.8 Å². The van der Waals surface area contributed by atoms with E-state index < -0.39 is 49.0 Å². The van der Waals surface area contributed by atoms with Crippen molar-refractivity contribution in [3.8, 4) is 0 Å². The Hall–Kier alpha value is -3.68. The third kappa shape index (κ3) is 5.76. The van der Waals surface area contributed by atoms with Crippen molar-refractivity contribution in [3.05, 3.63) is 47.6 Å². The summed E-state index contributed by atoms with van der Waals surface area (Å²) in [6.07, 6.45) is 1.15. The number of urea groups is 1. The van der Waals surface area contributed by atoms with Crippen LogP contribution in [0.4, 0.5) is 22.4 Å². The lowest BCUT2D eigenvalue weighted by Crippen LogP contribution is -2.58. The molecular formula is C26H30F4N6O4. The Morgan fingerprint density at radius 1 is 1.23 bits per heavy atom. The van der Waals surface area contributed by atoms with Gasteiger partial charge in [0.05, 0.1) is 25.7 Å². The number of oxazole rings is 1. The number of hydrogen-bond donors (Lipinski definition) is 2. The average molecular weight is 567 g/mol. The summed E-state index contributed by atoms with van der Waals surface area (Å²) < 4.78 is 68.8. The van der Waals surface area contributed by atoms with Crippen LogP contribution in [0.1, 0.15) is 59.7 Å². The molecule has 5 rings (SSSR count). The first kappa shape index (κ1) is 27.9. The van der Waals surface area contributed by atoms with E-state index in [2.05, 4.69) is 20.7 Å². The molecule has 1 saturated heterocycles. The molecule has 1 aromatic carbocycles. The Balaban J connectivity index is 1.46. The smallest absolute Gasteiger partial charge is 0.318 e. The molecule has 0 bridgehead atoms. The Kier molecular flexibility index (Phi) is 7.46. The molecule has 10 nitrogen and oxygen atoms in total. The van der Waals surface area contributed by atoms with Gasteiger partial charge in [-0.05, 0) is 42.5 Å². The summed E-state index contributed by atoms with van der Waals surface area (Å²) in [5, 5.41) is 9.11. The zero-order valence-electron chi connectivity index (χ0n) is 22.0. The van der Waals surface area contributed by atoms with Crippen LogP contribution in [0, 0.1) is 5.92 Å². The van der Waals surface area contributed by atoms with Gasteiger partial charge in [0.15, 0.2) is 5.58 Å². The Morgan fingerprint density at radius 2 is 1.98 bits per heavy atom. The number of aromatic nitrogens is 3. The molecule has 2 atom stereocenters. The summed E-state index contributed by atoms with van der Waals surface area (Å²) >= 11 is 0. The van der Waals surface area contributed by atoms with Crippen molar-refractivity contribution >= 4 is 23.0 Å². The predicted octanol–water partition coefficient (Wildman–Crippen LogP) is 4.21. The third-order valence-electron chi connectivity index (χ3n) is 7.51. The van der Waals surface area contributed by atoms with Crippen LogP contribution >= 0.6 is 0 Å². The van der Waals surface area contributed by atoms with Gasteiger partial charge in [-0.15, -0.1) is 0 Å². The van der Waals surface area contributed by atoms with E-state index in [0.29, 0.717) is 16.7 Å². The maximum absolute atomic E-state index is 14.1. The molecular weight excluding hydrogens is 536 g/mol. The minimum absolute atomic E-state index is 0.0423. The third-order valence-corrected chi connectivity index (χ3v) is 7.51. The standard InChI is InChI=1S/C26H30F4N6O4/c1-35-18(7-10-32-35)22(37)34-21(15-5-8-25(27,28)9-6-15)23-33-17-11-16(3-4-20(17)40-23)19(12-39-2)36-14-26(29,30)13-31-24(36)38/h3-4,7,10-11,15,19,21H,5-6,8-9,12-14H2,1-2H3,(H,31,38)(H,34,37). The molecule has 216 valence electrons. The Morgan fingerprint density at radius 3 is 2.65 bits per heavy atom. The molecule has 3 heterocycles. The van der Waals surface area contributed by atoms with E-state index in [9.17, 15) is 27.2 Å². The number of alkyl halides is 4. The molecule has 1 aliphatic heterocycles. The van der Waals surface area contributed by atoms with Crippen molar-refractivity contribution in [3.63, 3.8) is 0 Å². The number of rotatable bonds is 8. The predicted molar refractivity (Wildman–Crippen MR) is 134 cm³/mol. The number of aryl methyl sites for hydroxylation is 1. The van der Waals surface area contributed by atoms with Gasteiger partial charge in [-0.3, -0.25) is 9.48 Å². The van der Waals surface area contributed by atoms with Crippen molar-refractivity contribution in [1.82, 2.24) is 30.3 Å². The van der Waals surface area contributed by atoms with E-state index >= 15 is 0 Å². The molecule has 2 aliphatic rings. The summed E-state index contributed by atoms with van der Waals surface area (Å²) in [6, 6.07) is 4.11. The molecule has 2 fully saturated rings. The number of halogens is 4. The average Bonchev–Trinajstić information content (AvgIpc) is 3.53. The lowest BCUT2D eigenvalue weighted by molar-refractivity contribution is -0.0510. The van der Waals surface area contributed by atoms with Crippen LogP contribution in [0.3, 0.4) is 0 Å². The number of nitrogens with zero attached hydrogens (tertiary/aromatic N) is 4. The van der Waals surface area contributed by atoms with Crippen LogP contribution < -0.4 is 10.6 Å². The largest absolute Gasteiger partial charge is 0.438 e. The highest BCUT2D eigenvalue weighted by Crippen LogP contribution is 2.42. The molecule has 0 spiro atoms. The maximum atomic E-state index is 14.1. The first-order valence-corrected chi connectivity index (χ1v) is 12.9. The van der Waals surface area contributed by atoms with Gasteiger partial charge in [-0.25, -0.2) is 27.3 Å². The summed E-state index contributed by atoms with van der Waals surface area (Å²) in [5.41, 5.74) is 1.49. The van der Waals surface area contributed by atoms with E-state index in [1.165, 1.54) is 24.1 Å². The van der Waals surface area contributed by atoms with Gasteiger partial charge in [-0.2, -0.15) is 5.10 Å². The second-order valence-electron chi connectivity index (χ2n) is 10.4. The topological polar surface area (TPSA) is 115 Å². The minimum atomic E-state index is -3.11. The summed E-state index contributed by atoms with van der Waals surface area (Å²) in [4.78, 5) is 31.1. The van der Waals surface area contributed by atoms with Crippen LogP contribution in [0.25, 0.3) is 11.1 Å². The lowest BCUT2D eigenvalue weighted by Gasteiger charge is -2.38. The molecule has 3 aromatic rings. The monoisotopic (exact) mass is 566 g/mol. The summed E-state index contributed by atoms with van der Waals surface area (Å²) in [6.45, 7) is -1.56. The van der Waals surface area contributed by atoms with Crippen LogP contribution in [-0.2, 0) is 11.8 Å². The first-order valence-electron chi connectivity index (χ1n) is 12.9. The highest BCUT2D eigenvalue weighted by atomic mass is 19.3. The molecule has 2 unspecified atom stereocenters. The fourth-order valence-corrected chi connectivity index (χ4v) is 5.35. The van der Waals surface area contributed by atoms with Crippen molar-refractivity contribution in [2.75, 3.05) is 26.8 Å². The number of carbonyl (C=O) groups excluding carboxylic acids is 2. The zero-order chi connectivity index (χ0) is 28.7. The molecule has 40 heavy (non-hydrogen) atoms. The number of nitrogens with one attached hydrogen (secondary N) is 2. The van der Waals surface area contributed by atoms with Gasteiger partial charge < -0.3 is 24.7 Å². The summed E-state index contributed by atoms with van der Waals surface area (Å²) in [7, 11) is 3.02. The first-order chi connectivity index (χ1) is 19.0. The highest BCUT2D eigenvalue weighted by Gasteiger charge is 2.43. The number of fused-ring (bicyclic) bond motifs is 1. The van der Waals surface area contributed by atoms with Crippen LogP contribution in [0.5, 0.6) is 0 Å². The quantitative estimate of drug-likeness (QED) is 0.395. The van der Waals surface area contributed by atoms with Gasteiger partial charge >= 0.3 is 6.03 Å². The number of benzene rings is 1. The van der Waals surface area contributed by atoms with Crippen LogP contribution in [-0.4, -0.2) is 70.3 Å². The second kappa shape index (κ2) is 10.7. The minimum Gasteiger partial charge on any atom is -0.438 e. The van der Waals surface area contributed by atoms with Gasteiger partial charge in [0.1, 0.15) is 17.3 Å². The lowest BCUT2D eigenvalue weighted by atomic mass is 9.82. The van der Waals surface area contributed by atoms with Crippen molar-refractivity contribution in [2.24, 2.45) is 13.0 Å². The van der Waals surface area contributed by atoms with Gasteiger partial charge in [0.2, 0.25) is 11.8 Å². The number of ether oxygens (including phenoxy) is 1. The number of carbonyl (C=O) groups is 2. The van der Waals surface area contributed by atoms with Crippen LogP contribution in [0.15, 0.2) is 34.9 Å². The SMILES string of the molecule is COCC(c1ccc2oc(C(NC(=O)c3ccnn3C)C3CCC(F)(F)CC3)nc2c1)N1CC(F)(F)CNC1=O. The number of hydrogen-bond acceptors (Lipinski definition) is 6. The highest BCUT2D eigenvalue weighted by molar-refractivity contribution is 5.92. The fourth-order valence-electron chi connectivity index (χ4n) is 5.35. The Labute approximate surface area is 227 Å². The van der Waals surface area contributed by atoms with Gasteiger partial charge in [0, 0.05) is 33.2 Å².